The molecule has 1 aromatic carbocycles. The maximum absolute atomic E-state index is 8.88. The van der Waals surface area contributed by atoms with Crippen LogP contribution >= 0.6 is 0 Å². The smallest absolute Gasteiger partial charge is 0.0582 e. The van der Waals surface area contributed by atoms with Crippen LogP contribution in [0, 0.1) is 0 Å². The number of hydrogen-bond donors (Lipinski definition) is 3. The molecule has 0 aliphatic rings. The molecule has 0 aliphatic heterocycles. The van der Waals surface area contributed by atoms with Gasteiger partial charge in [-0.05, 0) is 30.0 Å². The summed E-state index contributed by atoms with van der Waals surface area (Å²) in [6, 6.07) is 8.54. The molecular weight excluding hydrogens is 188 g/mol. The Hall–Kier alpha value is -1.32. The Morgan fingerprint density at radius 3 is 3.07 bits per heavy atom. The zero-order chi connectivity index (χ0) is 10.7. The van der Waals surface area contributed by atoms with E-state index in [1.807, 2.05) is 13.1 Å². The molecule has 1 heterocycles. The topological polar surface area (TPSA) is 48.0 Å². The van der Waals surface area contributed by atoms with Crippen molar-refractivity contribution >= 4 is 10.9 Å². The predicted octanol–water partition coefficient (Wildman–Crippen LogP) is 1.64. The van der Waals surface area contributed by atoms with Crippen LogP contribution in [-0.2, 0) is 6.54 Å². The second kappa shape index (κ2) is 4.47. The molecule has 15 heavy (non-hydrogen) atoms. The first-order valence-corrected chi connectivity index (χ1v) is 5.20. The molecule has 0 bridgehead atoms. The van der Waals surface area contributed by atoms with Gasteiger partial charge in [0.15, 0.2) is 0 Å². The molecular formula is C12H16N2O. The molecule has 0 radical (unpaired) electrons. The first-order valence-electron chi connectivity index (χ1n) is 5.20. The lowest BCUT2D eigenvalue weighted by Gasteiger charge is -2.10. The highest BCUT2D eigenvalue weighted by molar-refractivity contribution is 5.79. The molecule has 1 aromatic heterocycles. The van der Waals surface area contributed by atoms with Crippen LogP contribution in [0.4, 0.5) is 0 Å². The van der Waals surface area contributed by atoms with E-state index in [-0.39, 0.29) is 12.6 Å². The Bertz CT molecular complexity index is 436. The Kier molecular flexibility index (Phi) is 3.04. The van der Waals surface area contributed by atoms with Gasteiger partial charge >= 0.3 is 0 Å². The molecule has 80 valence electrons. The summed E-state index contributed by atoms with van der Waals surface area (Å²) >= 11 is 0. The van der Waals surface area contributed by atoms with Crippen molar-refractivity contribution in [3.63, 3.8) is 0 Å². The number of nitrogens with one attached hydrogen (secondary N) is 2. The van der Waals surface area contributed by atoms with Gasteiger partial charge in [-0.15, -0.1) is 0 Å². The molecule has 0 saturated heterocycles. The monoisotopic (exact) mass is 204 g/mol. The summed E-state index contributed by atoms with van der Waals surface area (Å²) in [6.07, 6.45) is 1.94. The zero-order valence-electron chi connectivity index (χ0n) is 8.83. The van der Waals surface area contributed by atoms with E-state index in [0.29, 0.717) is 0 Å². The maximum Gasteiger partial charge on any atom is 0.0582 e. The fraction of sp³-hybridized carbons (Fsp3) is 0.333. The second-order valence-electron chi connectivity index (χ2n) is 3.86. The average Bonchev–Trinajstić information content (AvgIpc) is 2.72. The van der Waals surface area contributed by atoms with Crippen molar-refractivity contribution in [1.82, 2.24) is 10.3 Å². The van der Waals surface area contributed by atoms with Gasteiger partial charge in [0.05, 0.1) is 6.61 Å². The highest BCUT2D eigenvalue weighted by atomic mass is 16.3. The average molecular weight is 204 g/mol. The van der Waals surface area contributed by atoms with Crippen molar-refractivity contribution < 1.29 is 5.11 Å². The van der Waals surface area contributed by atoms with Crippen LogP contribution in [0.1, 0.15) is 12.5 Å². The molecule has 3 N–H and O–H groups in total. The summed E-state index contributed by atoms with van der Waals surface area (Å²) in [5.74, 6) is 0. The van der Waals surface area contributed by atoms with E-state index in [1.165, 1.54) is 10.9 Å². The zero-order valence-corrected chi connectivity index (χ0v) is 8.83. The van der Waals surface area contributed by atoms with Crippen LogP contribution in [0.3, 0.4) is 0 Å². The molecule has 3 nitrogen and oxygen atoms in total. The Balaban J connectivity index is 2.08. The Labute approximate surface area is 89.1 Å². The fourth-order valence-electron chi connectivity index (χ4n) is 1.56. The third-order valence-corrected chi connectivity index (χ3v) is 2.55. The summed E-state index contributed by atoms with van der Waals surface area (Å²) in [4.78, 5) is 3.18. The number of aliphatic hydroxyl groups excluding tert-OH is 1. The van der Waals surface area contributed by atoms with Crippen LogP contribution in [0.2, 0.25) is 0 Å². The Morgan fingerprint density at radius 2 is 2.27 bits per heavy atom. The summed E-state index contributed by atoms with van der Waals surface area (Å²) < 4.78 is 0. The van der Waals surface area contributed by atoms with Crippen molar-refractivity contribution in [2.24, 2.45) is 0 Å². The lowest BCUT2D eigenvalue weighted by molar-refractivity contribution is 0.251. The normalized spacial score (nSPS) is 13.2. The Morgan fingerprint density at radius 1 is 1.40 bits per heavy atom. The predicted molar refractivity (Wildman–Crippen MR) is 61.7 cm³/mol. The molecule has 0 fully saturated rings. The molecule has 0 spiro atoms. The minimum atomic E-state index is 0.143. The van der Waals surface area contributed by atoms with E-state index < -0.39 is 0 Å². The fourth-order valence-corrected chi connectivity index (χ4v) is 1.56. The van der Waals surface area contributed by atoms with E-state index in [0.717, 1.165) is 12.1 Å². The third kappa shape index (κ3) is 2.37. The van der Waals surface area contributed by atoms with Crippen LogP contribution in [0.5, 0.6) is 0 Å². The molecule has 1 unspecified atom stereocenters. The van der Waals surface area contributed by atoms with Crippen LogP contribution in [0.15, 0.2) is 30.5 Å². The number of aliphatic hydroxyl groups is 1. The minimum Gasteiger partial charge on any atom is -0.395 e. The summed E-state index contributed by atoms with van der Waals surface area (Å²) in [5.41, 5.74) is 2.39. The summed E-state index contributed by atoms with van der Waals surface area (Å²) in [7, 11) is 0. The van der Waals surface area contributed by atoms with Gasteiger partial charge in [0.25, 0.3) is 0 Å². The number of rotatable bonds is 4. The number of H-pyrrole nitrogens is 1. The summed E-state index contributed by atoms with van der Waals surface area (Å²) in [5, 5.41) is 13.4. The third-order valence-electron chi connectivity index (χ3n) is 2.55. The largest absolute Gasteiger partial charge is 0.395 e. The molecule has 3 heteroatoms. The number of benzene rings is 1. The minimum absolute atomic E-state index is 0.143. The maximum atomic E-state index is 8.88. The SMILES string of the molecule is CC(CO)NCc1ccc2cc[nH]c2c1. The number of aromatic amines is 1. The van der Waals surface area contributed by atoms with Crippen LogP contribution < -0.4 is 5.32 Å². The molecule has 2 rings (SSSR count). The van der Waals surface area contributed by atoms with Crippen molar-refractivity contribution in [2.75, 3.05) is 6.61 Å². The van der Waals surface area contributed by atoms with Gasteiger partial charge in [-0.25, -0.2) is 0 Å². The molecule has 1 atom stereocenters. The van der Waals surface area contributed by atoms with Gasteiger partial charge < -0.3 is 15.4 Å². The molecule has 0 aliphatic carbocycles. The van der Waals surface area contributed by atoms with Crippen molar-refractivity contribution in [3.05, 3.63) is 36.0 Å². The first kappa shape index (κ1) is 10.2. The highest BCUT2D eigenvalue weighted by Crippen LogP contribution is 2.13. The number of aromatic nitrogens is 1. The van der Waals surface area contributed by atoms with E-state index in [2.05, 4.69) is 34.6 Å². The van der Waals surface area contributed by atoms with E-state index in [4.69, 9.17) is 5.11 Å². The number of fused-ring (bicyclic) bond motifs is 1. The van der Waals surface area contributed by atoms with E-state index in [9.17, 15) is 0 Å². The van der Waals surface area contributed by atoms with Crippen molar-refractivity contribution in [2.45, 2.75) is 19.5 Å². The quantitative estimate of drug-likeness (QED) is 0.709. The van der Waals surface area contributed by atoms with E-state index >= 15 is 0 Å². The standard InChI is InChI=1S/C12H16N2O/c1-9(8-15)14-7-10-2-3-11-4-5-13-12(11)6-10/h2-6,9,13-15H,7-8H2,1H3. The van der Waals surface area contributed by atoms with Crippen LogP contribution in [-0.4, -0.2) is 22.7 Å². The van der Waals surface area contributed by atoms with E-state index in [1.54, 1.807) is 0 Å². The molecule has 2 aromatic rings. The lowest BCUT2D eigenvalue weighted by Crippen LogP contribution is -2.28. The highest BCUT2D eigenvalue weighted by Gasteiger charge is 2.00. The lowest BCUT2D eigenvalue weighted by atomic mass is 10.1. The van der Waals surface area contributed by atoms with Gasteiger partial charge in [-0.3, -0.25) is 0 Å². The van der Waals surface area contributed by atoms with Gasteiger partial charge in [-0.1, -0.05) is 12.1 Å². The first-order chi connectivity index (χ1) is 7.29. The summed E-state index contributed by atoms with van der Waals surface area (Å²) in [6.45, 7) is 2.93. The van der Waals surface area contributed by atoms with Crippen LogP contribution in [0.25, 0.3) is 10.9 Å². The molecule has 0 saturated carbocycles. The molecule has 0 amide bonds. The van der Waals surface area contributed by atoms with Crippen molar-refractivity contribution in [3.8, 4) is 0 Å². The van der Waals surface area contributed by atoms with Crippen molar-refractivity contribution in [1.29, 1.82) is 0 Å². The van der Waals surface area contributed by atoms with Gasteiger partial charge in [0, 0.05) is 24.3 Å². The van der Waals surface area contributed by atoms with Gasteiger partial charge in [0.2, 0.25) is 0 Å². The number of hydrogen-bond acceptors (Lipinski definition) is 2. The second-order valence-corrected chi connectivity index (χ2v) is 3.86. The van der Waals surface area contributed by atoms with Gasteiger partial charge in [0.1, 0.15) is 0 Å². The van der Waals surface area contributed by atoms with Gasteiger partial charge in [-0.2, -0.15) is 0 Å².